The Balaban J connectivity index is 1.66. The number of anilines is 1. The molecule has 2 N–H and O–H groups in total. The van der Waals surface area contributed by atoms with Gasteiger partial charge in [0.2, 0.25) is 0 Å². The minimum absolute atomic E-state index is 0.163. The summed E-state index contributed by atoms with van der Waals surface area (Å²) in [6.07, 6.45) is 4.92. The maximum atomic E-state index is 11.9. The summed E-state index contributed by atoms with van der Waals surface area (Å²) in [6.45, 7) is 2.14. The molecule has 0 spiro atoms. The molecule has 0 aromatic carbocycles. The molecule has 20 heavy (non-hydrogen) atoms. The van der Waals surface area contributed by atoms with E-state index in [1.54, 1.807) is 13.1 Å². The molecule has 1 amide bonds. The smallest absolute Gasteiger partial charge is 0.252 e. The van der Waals surface area contributed by atoms with Gasteiger partial charge in [0, 0.05) is 33.0 Å². The molecule has 1 fully saturated rings. The summed E-state index contributed by atoms with van der Waals surface area (Å²) in [5.41, 5.74) is 0.466. The zero-order valence-corrected chi connectivity index (χ0v) is 12.4. The summed E-state index contributed by atoms with van der Waals surface area (Å²) in [5.74, 6) is 1.18. The minimum Gasteiger partial charge on any atom is -0.381 e. The van der Waals surface area contributed by atoms with E-state index in [-0.39, 0.29) is 5.91 Å². The van der Waals surface area contributed by atoms with E-state index in [0.717, 1.165) is 18.9 Å². The van der Waals surface area contributed by atoms with Crippen LogP contribution < -0.4 is 10.6 Å². The van der Waals surface area contributed by atoms with Gasteiger partial charge in [0.1, 0.15) is 5.82 Å². The van der Waals surface area contributed by atoms with E-state index >= 15 is 0 Å². The normalized spacial score (nSPS) is 14.1. The van der Waals surface area contributed by atoms with Crippen molar-refractivity contribution in [2.45, 2.75) is 19.3 Å². The second kappa shape index (κ2) is 7.45. The minimum atomic E-state index is -0.163. The second-order valence-corrected chi connectivity index (χ2v) is 5.34. The van der Waals surface area contributed by atoms with Gasteiger partial charge in [-0.2, -0.15) is 0 Å². The molecule has 1 saturated carbocycles. The van der Waals surface area contributed by atoms with E-state index in [2.05, 4.69) is 15.6 Å². The summed E-state index contributed by atoms with van der Waals surface area (Å²) in [4.78, 5) is 15.9. The van der Waals surface area contributed by atoms with Crippen LogP contribution in [-0.4, -0.2) is 37.7 Å². The van der Waals surface area contributed by atoms with Crippen molar-refractivity contribution in [1.82, 2.24) is 10.3 Å². The Kier molecular flexibility index (Phi) is 5.61. The van der Waals surface area contributed by atoms with E-state index in [0.29, 0.717) is 29.6 Å². The molecule has 1 aromatic rings. The molecule has 0 atom stereocenters. The summed E-state index contributed by atoms with van der Waals surface area (Å²) >= 11 is 5.99. The number of carbonyl (C=O) groups is 1. The Morgan fingerprint density at radius 3 is 3.00 bits per heavy atom. The van der Waals surface area contributed by atoms with Crippen LogP contribution in [-0.2, 0) is 4.74 Å². The Labute approximate surface area is 124 Å². The highest BCUT2D eigenvalue weighted by molar-refractivity contribution is 6.33. The van der Waals surface area contributed by atoms with Crippen LogP contribution in [0.4, 0.5) is 5.82 Å². The number of hydrogen-bond donors (Lipinski definition) is 2. The van der Waals surface area contributed by atoms with Crippen LogP contribution in [0.5, 0.6) is 0 Å². The highest BCUT2D eigenvalue weighted by Gasteiger charge is 2.20. The van der Waals surface area contributed by atoms with Crippen LogP contribution in [0.25, 0.3) is 0 Å². The van der Waals surface area contributed by atoms with Gasteiger partial charge in [-0.1, -0.05) is 11.6 Å². The van der Waals surface area contributed by atoms with Gasteiger partial charge in [0.15, 0.2) is 0 Å². The molecule has 6 heteroatoms. The summed E-state index contributed by atoms with van der Waals surface area (Å²) < 4.78 is 5.50. The van der Waals surface area contributed by atoms with Crippen molar-refractivity contribution in [1.29, 1.82) is 0 Å². The van der Waals surface area contributed by atoms with E-state index in [4.69, 9.17) is 16.3 Å². The molecule has 0 bridgehead atoms. The lowest BCUT2D eigenvalue weighted by Crippen LogP contribution is -2.25. The first-order valence-corrected chi connectivity index (χ1v) is 7.27. The molecule has 0 unspecified atom stereocenters. The third kappa shape index (κ3) is 4.65. The monoisotopic (exact) mass is 297 g/mol. The summed E-state index contributed by atoms with van der Waals surface area (Å²) in [7, 11) is 1.73. The summed E-state index contributed by atoms with van der Waals surface area (Å²) in [5, 5.41) is 6.12. The van der Waals surface area contributed by atoms with Gasteiger partial charge in [-0.05, 0) is 31.2 Å². The molecule has 1 heterocycles. The summed E-state index contributed by atoms with van der Waals surface area (Å²) in [6, 6.07) is 1.61. The largest absolute Gasteiger partial charge is 0.381 e. The van der Waals surface area contributed by atoms with Crippen molar-refractivity contribution in [2.24, 2.45) is 5.92 Å². The van der Waals surface area contributed by atoms with E-state index in [9.17, 15) is 4.79 Å². The number of carbonyl (C=O) groups excluding carboxylic acids is 1. The molecule has 0 saturated heterocycles. The molecule has 2 rings (SSSR count). The zero-order chi connectivity index (χ0) is 14.4. The van der Waals surface area contributed by atoms with Gasteiger partial charge < -0.3 is 15.4 Å². The number of nitrogens with zero attached hydrogens (tertiary/aromatic N) is 1. The Morgan fingerprint density at radius 1 is 1.55 bits per heavy atom. The number of hydrogen-bond acceptors (Lipinski definition) is 4. The lowest BCUT2D eigenvalue weighted by molar-refractivity contribution is 0.0937. The number of halogens is 1. The van der Waals surface area contributed by atoms with Crippen molar-refractivity contribution >= 4 is 23.3 Å². The lowest BCUT2D eigenvalue weighted by Gasteiger charge is -2.07. The van der Waals surface area contributed by atoms with E-state index in [1.165, 1.54) is 19.0 Å². The molecule has 1 aromatic heterocycles. The molecular weight excluding hydrogens is 278 g/mol. The quantitative estimate of drug-likeness (QED) is 0.723. The molecule has 1 aliphatic carbocycles. The number of nitrogens with one attached hydrogen (secondary N) is 2. The maximum absolute atomic E-state index is 11.9. The van der Waals surface area contributed by atoms with Gasteiger partial charge >= 0.3 is 0 Å². The standard InChI is InChI=1S/C14H20ClN3O2/c1-16-13-12(15)7-11(8-18-13)14(19)17-5-2-6-20-9-10-3-4-10/h7-8,10H,2-6,9H2,1H3,(H,16,18)(H,17,19). The van der Waals surface area contributed by atoms with Crippen LogP contribution in [0.3, 0.4) is 0 Å². The SMILES string of the molecule is CNc1ncc(C(=O)NCCCOCC2CC2)cc1Cl. The number of pyridine rings is 1. The van der Waals surface area contributed by atoms with Crippen molar-refractivity contribution in [3.05, 3.63) is 22.8 Å². The zero-order valence-electron chi connectivity index (χ0n) is 11.6. The number of aromatic nitrogens is 1. The number of rotatable bonds is 8. The second-order valence-electron chi connectivity index (χ2n) is 4.93. The first-order chi connectivity index (χ1) is 9.70. The van der Waals surface area contributed by atoms with Crippen molar-refractivity contribution in [2.75, 3.05) is 32.1 Å². The highest BCUT2D eigenvalue weighted by atomic mass is 35.5. The third-order valence-corrected chi connectivity index (χ3v) is 3.43. The van der Waals surface area contributed by atoms with Gasteiger partial charge in [-0.15, -0.1) is 0 Å². The Hall–Kier alpha value is -1.33. The fourth-order valence-corrected chi connectivity index (χ4v) is 2.02. The lowest BCUT2D eigenvalue weighted by atomic mass is 10.2. The highest BCUT2D eigenvalue weighted by Crippen LogP contribution is 2.28. The average molecular weight is 298 g/mol. The number of ether oxygens (including phenoxy) is 1. The fraction of sp³-hybridized carbons (Fsp3) is 0.571. The third-order valence-electron chi connectivity index (χ3n) is 3.14. The molecule has 0 radical (unpaired) electrons. The number of amides is 1. The fourth-order valence-electron chi connectivity index (χ4n) is 1.76. The molecule has 0 aliphatic heterocycles. The maximum Gasteiger partial charge on any atom is 0.252 e. The van der Waals surface area contributed by atoms with Crippen LogP contribution >= 0.6 is 11.6 Å². The van der Waals surface area contributed by atoms with Crippen LogP contribution in [0.2, 0.25) is 5.02 Å². The molecule has 1 aliphatic rings. The Bertz CT molecular complexity index is 464. The van der Waals surface area contributed by atoms with Crippen molar-refractivity contribution in [3.8, 4) is 0 Å². The van der Waals surface area contributed by atoms with Crippen molar-refractivity contribution in [3.63, 3.8) is 0 Å². The first kappa shape index (κ1) is 15.1. The first-order valence-electron chi connectivity index (χ1n) is 6.90. The van der Waals surface area contributed by atoms with Crippen LogP contribution in [0.1, 0.15) is 29.6 Å². The molecule has 110 valence electrons. The topological polar surface area (TPSA) is 63.2 Å². The van der Waals surface area contributed by atoms with Gasteiger partial charge in [0.05, 0.1) is 10.6 Å². The predicted molar refractivity (Wildman–Crippen MR) is 79.3 cm³/mol. The van der Waals surface area contributed by atoms with Crippen LogP contribution in [0, 0.1) is 5.92 Å². The van der Waals surface area contributed by atoms with Gasteiger partial charge in [-0.25, -0.2) is 4.98 Å². The van der Waals surface area contributed by atoms with Crippen molar-refractivity contribution < 1.29 is 9.53 Å². The van der Waals surface area contributed by atoms with E-state index in [1.807, 2.05) is 0 Å². The van der Waals surface area contributed by atoms with Gasteiger partial charge in [0.25, 0.3) is 5.91 Å². The van der Waals surface area contributed by atoms with Gasteiger partial charge in [-0.3, -0.25) is 4.79 Å². The molecular formula is C14H20ClN3O2. The average Bonchev–Trinajstić information content (AvgIpc) is 3.26. The van der Waals surface area contributed by atoms with Crippen LogP contribution in [0.15, 0.2) is 12.3 Å². The molecule has 5 nitrogen and oxygen atoms in total. The predicted octanol–water partition coefficient (Wildman–Crippen LogP) is 2.32. The van der Waals surface area contributed by atoms with E-state index < -0.39 is 0 Å². The Morgan fingerprint density at radius 2 is 2.35 bits per heavy atom.